The molecule has 1 aromatic heterocycles. The first-order chi connectivity index (χ1) is 21.9. The van der Waals surface area contributed by atoms with E-state index in [-0.39, 0.29) is 24.6 Å². The van der Waals surface area contributed by atoms with Crippen molar-refractivity contribution >= 4 is 34.2 Å². The van der Waals surface area contributed by atoms with Crippen LogP contribution in [0.3, 0.4) is 0 Å². The molecule has 1 aliphatic rings. The number of thiazole rings is 1. The molecule has 45 heavy (non-hydrogen) atoms. The van der Waals surface area contributed by atoms with E-state index in [1.807, 2.05) is 67.6 Å². The molecule has 0 radical (unpaired) electrons. The van der Waals surface area contributed by atoms with Crippen LogP contribution in [0.1, 0.15) is 43.5 Å². The molecule has 228 valence electrons. The molecule has 1 aliphatic heterocycles. The molecular formula is C36H31FN2O5S. The van der Waals surface area contributed by atoms with Gasteiger partial charge in [-0.3, -0.25) is 9.36 Å². The Bertz CT molecular complexity index is 2110. The quantitative estimate of drug-likeness (QED) is 0.187. The maximum absolute atomic E-state index is 14.4. The third kappa shape index (κ3) is 5.91. The van der Waals surface area contributed by atoms with Crippen molar-refractivity contribution in [1.29, 1.82) is 0 Å². The Morgan fingerprint density at radius 3 is 2.47 bits per heavy atom. The van der Waals surface area contributed by atoms with Gasteiger partial charge in [-0.05, 0) is 67.4 Å². The molecule has 0 fully saturated rings. The number of aromatic nitrogens is 1. The van der Waals surface area contributed by atoms with Gasteiger partial charge in [0, 0.05) is 11.1 Å². The van der Waals surface area contributed by atoms with Crippen LogP contribution in [0.5, 0.6) is 11.5 Å². The van der Waals surface area contributed by atoms with Crippen molar-refractivity contribution < 1.29 is 23.4 Å². The molecule has 9 heteroatoms. The lowest BCUT2D eigenvalue weighted by molar-refractivity contribution is -0.139. The lowest BCUT2D eigenvalue weighted by Gasteiger charge is -2.24. The molecule has 0 saturated carbocycles. The molecule has 4 aromatic carbocycles. The molecule has 0 saturated heterocycles. The number of ether oxygens (including phenoxy) is 3. The van der Waals surface area contributed by atoms with Crippen molar-refractivity contribution in [3.8, 4) is 11.5 Å². The number of nitrogens with zero attached hydrogens (tertiary/aromatic N) is 2. The molecule has 0 N–H and O–H groups in total. The van der Waals surface area contributed by atoms with E-state index in [4.69, 9.17) is 14.2 Å². The van der Waals surface area contributed by atoms with Gasteiger partial charge in [0.2, 0.25) is 0 Å². The molecule has 1 atom stereocenters. The smallest absolute Gasteiger partial charge is 0.338 e. The minimum atomic E-state index is -0.748. The Morgan fingerprint density at radius 1 is 0.956 bits per heavy atom. The van der Waals surface area contributed by atoms with Crippen molar-refractivity contribution in [1.82, 2.24) is 4.57 Å². The number of carbonyl (C=O) groups is 1. The molecule has 2 heterocycles. The monoisotopic (exact) mass is 622 g/mol. The molecule has 0 amide bonds. The van der Waals surface area contributed by atoms with Crippen LogP contribution >= 0.6 is 11.3 Å². The fourth-order valence-corrected chi connectivity index (χ4v) is 6.50. The zero-order valence-electron chi connectivity index (χ0n) is 25.1. The Labute approximate surface area is 263 Å². The third-order valence-corrected chi connectivity index (χ3v) is 8.55. The van der Waals surface area contributed by atoms with Gasteiger partial charge in [-0.1, -0.05) is 72.0 Å². The number of carbonyl (C=O) groups excluding carboxylic acids is 1. The Balaban J connectivity index is 1.52. The number of fused-ring (bicyclic) bond motifs is 2. The van der Waals surface area contributed by atoms with E-state index < -0.39 is 12.0 Å². The van der Waals surface area contributed by atoms with Crippen LogP contribution in [0.15, 0.2) is 106 Å². The van der Waals surface area contributed by atoms with Gasteiger partial charge in [-0.25, -0.2) is 14.2 Å². The third-order valence-electron chi connectivity index (χ3n) is 7.57. The highest BCUT2D eigenvalue weighted by Crippen LogP contribution is 2.33. The maximum Gasteiger partial charge on any atom is 0.338 e. The standard InChI is InChI=1S/C36H31FN2O5S/c1-4-42-26-17-14-24(15-18-26)33-32(35(41)43-5-2)22(3)38-36-39(33)34(40)31(45-36)20-28-27-12-8-6-10-23(27)16-19-30(28)44-21-25-11-7-9-13-29(25)37/h6-20,33H,4-5,21H2,1-3H3/b31-20-/t33-/m0/s1. The summed E-state index contributed by atoms with van der Waals surface area (Å²) in [6.45, 7) is 6.13. The average Bonchev–Trinajstić information content (AvgIpc) is 3.35. The first-order valence-electron chi connectivity index (χ1n) is 14.7. The van der Waals surface area contributed by atoms with Crippen LogP contribution in [-0.4, -0.2) is 23.8 Å². The minimum Gasteiger partial charge on any atom is -0.494 e. The van der Waals surface area contributed by atoms with Crippen molar-refractivity contribution in [2.24, 2.45) is 4.99 Å². The van der Waals surface area contributed by atoms with Crippen LogP contribution in [0.2, 0.25) is 0 Å². The summed E-state index contributed by atoms with van der Waals surface area (Å²) in [6.07, 6.45) is 1.79. The number of halogens is 1. The molecule has 6 rings (SSSR count). The zero-order valence-corrected chi connectivity index (χ0v) is 25.9. The maximum atomic E-state index is 14.4. The van der Waals surface area contributed by atoms with Gasteiger partial charge in [-0.2, -0.15) is 0 Å². The summed E-state index contributed by atoms with van der Waals surface area (Å²) in [5, 5.41) is 1.84. The van der Waals surface area contributed by atoms with Gasteiger partial charge in [0.25, 0.3) is 5.56 Å². The first kappa shape index (κ1) is 30.0. The van der Waals surface area contributed by atoms with E-state index in [9.17, 15) is 14.0 Å². The van der Waals surface area contributed by atoms with E-state index in [2.05, 4.69) is 4.99 Å². The van der Waals surface area contributed by atoms with Crippen LogP contribution in [-0.2, 0) is 16.1 Å². The van der Waals surface area contributed by atoms with Crippen LogP contribution in [0, 0.1) is 5.82 Å². The van der Waals surface area contributed by atoms with E-state index in [1.165, 1.54) is 17.4 Å². The van der Waals surface area contributed by atoms with Gasteiger partial charge in [0.1, 0.15) is 23.9 Å². The fraction of sp³-hybridized carbons (Fsp3) is 0.194. The Kier molecular flexibility index (Phi) is 8.62. The van der Waals surface area contributed by atoms with Gasteiger partial charge < -0.3 is 14.2 Å². The van der Waals surface area contributed by atoms with E-state index in [0.717, 1.165) is 16.3 Å². The summed E-state index contributed by atoms with van der Waals surface area (Å²) in [6, 6.07) is 24.6. The van der Waals surface area contributed by atoms with Crippen LogP contribution < -0.4 is 24.4 Å². The first-order valence-corrected chi connectivity index (χ1v) is 15.5. The highest BCUT2D eigenvalue weighted by molar-refractivity contribution is 7.07. The number of allylic oxidation sites excluding steroid dienone is 1. The number of hydrogen-bond donors (Lipinski definition) is 0. The number of benzene rings is 4. The number of hydrogen-bond acceptors (Lipinski definition) is 7. The highest BCUT2D eigenvalue weighted by Gasteiger charge is 2.33. The Morgan fingerprint density at radius 2 is 1.71 bits per heavy atom. The van der Waals surface area contributed by atoms with Gasteiger partial charge in [0.05, 0.1) is 35.1 Å². The second kappa shape index (κ2) is 12.9. The summed E-state index contributed by atoms with van der Waals surface area (Å²) < 4.78 is 33.6. The van der Waals surface area contributed by atoms with Crippen LogP contribution in [0.4, 0.5) is 4.39 Å². The molecule has 0 spiro atoms. The van der Waals surface area contributed by atoms with Gasteiger partial charge >= 0.3 is 5.97 Å². The van der Waals surface area contributed by atoms with E-state index in [0.29, 0.717) is 49.8 Å². The highest BCUT2D eigenvalue weighted by atomic mass is 32.1. The van der Waals surface area contributed by atoms with E-state index in [1.54, 1.807) is 42.7 Å². The summed E-state index contributed by atoms with van der Waals surface area (Å²) in [7, 11) is 0. The van der Waals surface area contributed by atoms with Crippen molar-refractivity contribution in [3.05, 3.63) is 138 Å². The van der Waals surface area contributed by atoms with Gasteiger partial charge in [0.15, 0.2) is 4.80 Å². The predicted octanol–water partition coefficient (Wildman–Crippen LogP) is 6.07. The molecule has 0 aliphatic carbocycles. The second-order valence-electron chi connectivity index (χ2n) is 10.4. The SMILES string of the molecule is CCOC(=O)C1=C(C)N=c2s/c(=C\c3c(OCc4ccccc4F)ccc4ccccc34)c(=O)n2[C@H]1c1ccc(OCC)cc1. The van der Waals surface area contributed by atoms with Crippen molar-refractivity contribution in [2.45, 2.75) is 33.4 Å². The average molecular weight is 623 g/mol. The summed E-state index contributed by atoms with van der Waals surface area (Å²) >= 11 is 1.23. The normalized spacial score (nSPS) is 14.7. The molecule has 0 unspecified atom stereocenters. The Hall–Kier alpha value is -5.02. The summed E-state index contributed by atoms with van der Waals surface area (Å²) in [5.74, 6) is 0.320. The number of esters is 1. The number of rotatable bonds is 9. The van der Waals surface area contributed by atoms with Crippen LogP contribution in [0.25, 0.3) is 16.8 Å². The summed E-state index contributed by atoms with van der Waals surface area (Å²) in [4.78, 5) is 32.7. The topological polar surface area (TPSA) is 79.1 Å². The lowest BCUT2D eigenvalue weighted by Crippen LogP contribution is -2.39. The minimum absolute atomic E-state index is 0.0208. The second-order valence-corrected chi connectivity index (χ2v) is 11.4. The molecular weight excluding hydrogens is 591 g/mol. The fourth-order valence-electron chi connectivity index (χ4n) is 5.47. The lowest BCUT2D eigenvalue weighted by atomic mass is 9.96. The largest absolute Gasteiger partial charge is 0.494 e. The van der Waals surface area contributed by atoms with Crippen molar-refractivity contribution in [2.75, 3.05) is 13.2 Å². The zero-order chi connectivity index (χ0) is 31.5. The van der Waals surface area contributed by atoms with Gasteiger partial charge in [-0.15, -0.1) is 0 Å². The van der Waals surface area contributed by atoms with E-state index >= 15 is 0 Å². The molecule has 7 nitrogen and oxygen atoms in total. The summed E-state index contributed by atoms with van der Waals surface area (Å²) in [5.41, 5.74) is 2.32. The predicted molar refractivity (Wildman–Crippen MR) is 173 cm³/mol. The molecule has 0 bridgehead atoms. The van der Waals surface area contributed by atoms with Crippen molar-refractivity contribution in [3.63, 3.8) is 0 Å². The molecule has 5 aromatic rings.